The van der Waals surface area contributed by atoms with Crippen molar-refractivity contribution in [2.24, 2.45) is 7.05 Å². The molecule has 0 radical (unpaired) electrons. The van der Waals surface area contributed by atoms with Crippen LogP contribution < -0.4 is 0 Å². The molecule has 5 nitrogen and oxygen atoms in total. The molecule has 108 valence electrons. The summed E-state index contributed by atoms with van der Waals surface area (Å²) in [6.07, 6.45) is 3.04. The number of methoxy groups -OCH3 is 1. The van der Waals surface area contributed by atoms with Crippen LogP contribution in [0.5, 0.6) is 0 Å². The summed E-state index contributed by atoms with van der Waals surface area (Å²) in [6, 6.07) is 0.264. The van der Waals surface area contributed by atoms with Crippen LogP contribution in [-0.2, 0) is 24.8 Å². The molecule has 6 heteroatoms. The van der Waals surface area contributed by atoms with Crippen molar-refractivity contribution in [3.8, 4) is 0 Å². The molecule has 0 saturated carbocycles. The summed E-state index contributed by atoms with van der Waals surface area (Å²) in [5, 5.41) is 7.68. The monoisotopic (exact) mass is 292 g/mol. The maximum atomic E-state index is 5.44. The standard InChI is InChI=1S/C14H20N4OS/c1-10-9-20-13(16-10)7-18-5-4-11-6-15-17(2)14(11)12(18)8-19-3/h6,9,12H,4-5,7-8H2,1-3H3/t12-/m0/s1. The van der Waals surface area contributed by atoms with Gasteiger partial charge in [-0.2, -0.15) is 5.10 Å². The van der Waals surface area contributed by atoms with Gasteiger partial charge in [0, 0.05) is 31.8 Å². The molecule has 0 aromatic carbocycles. The third-order valence-corrected chi connectivity index (χ3v) is 4.77. The van der Waals surface area contributed by atoms with Gasteiger partial charge in [0.25, 0.3) is 0 Å². The number of hydrogen-bond donors (Lipinski definition) is 0. The van der Waals surface area contributed by atoms with Crippen LogP contribution in [0.3, 0.4) is 0 Å². The van der Waals surface area contributed by atoms with Crippen molar-refractivity contribution >= 4 is 11.3 Å². The fourth-order valence-corrected chi connectivity index (χ4v) is 3.68. The van der Waals surface area contributed by atoms with E-state index in [9.17, 15) is 0 Å². The molecule has 0 fully saturated rings. The normalized spacial score (nSPS) is 19.2. The van der Waals surface area contributed by atoms with Crippen molar-refractivity contribution in [2.75, 3.05) is 20.3 Å². The lowest BCUT2D eigenvalue weighted by Crippen LogP contribution is -2.38. The summed E-state index contributed by atoms with van der Waals surface area (Å²) in [4.78, 5) is 7.03. The maximum Gasteiger partial charge on any atom is 0.107 e. The van der Waals surface area contributed by atoms with E-state index in [1.807, 2.05) is 24.9 Å². The molecule has 0 N–H and O–H groups in total. The van der Waals surface area contributed by atoms with Crippen molar-refractivity contribution in [3.05, 3.63) is 33.5 Å². The summed E-state index contributed by atoms with van der Waals surface area (Å²) in [6.45, 7) is 4.65. The SMILES string of the molecule is COC[C@H]1c2c(cnn2C)CCN1Cc1nc(C)cs1. The van der Waals surface area contributed by atoms with Gasteiger partial charge >= 0.3 is 0 Å². The molecule has 20 heavy (non-hydrogen) atoms. The minimum atomic E-state index is 0.264. The Morgan fingerprint density at radius 1 is 1.50 bits per heavy atom. The van der Waals surface area contributed by atoms with Gasteiger partial charge < -0.3 is 4.74 Å². The second-order valence-electron chi connectivity index (χ2n) is 5.25. The summed E-state index contributed by atoms with van der Waals surface area (Å²) < 4.78 is 7.42. The van der Waals surface area contributed by atoms with Crippen LogP contribution in [0.15, 0.2) is 11.6 Å². The number of nitrogens with zero attached hydrogens (tertiary/aromatic N) is 4. The van der Waals surface area contributed by atoms with E-state index in [1.54, 1.807) is 18.4 Å². The number of hydrogen-bond acceptors (Lipinski definition) is 5. The molecule has 0 saturated heterocycles. The Morgan fingerprint density at radius 3 is 3.05 bits per heavy atom. The molecule has 0 bridgehead atoms. The Balaban J connectivity index is 1.85. The van der Waals surface area contributed by atoms with Crippen molar-refractivity contribution in [2.45, 2.75) is 25.9 Å². The van der Waals surface area contributed by atoms with Gasteiger partial charge in [-0.1, -0.05) is 0 Å². The number of ether oxygens (including phenoxy) is 1. The first kappa shape index (κ1) is 13.7. The number of aromatic nitrogens is 3. The zero-order chi connectivity index (χ0) is 14.1. The topological polar surface area (TPSA) is 43.2 Å². The summed E-state index contributed by atoms with van der Waals surface area (Å²) >= 11 is 1.73. The first-order valence-corrected chi connectivity index (χ1v) is 7.71. The molecule has 0 amide bonds. The van der Waals surface area contributed by atoms with E-state index < -0.39 is 0 Å². The van der Waals surface area contributed by atoms with E-state index in [4.69, 9.17) is 4.74 Å². The quantitative estimate of drug-likeness (QED) is 0.863. The Morgan fingerprint density at radius 2 is 2.35 bits per heavy atom. The van der Waals surface area contributed by atoms with Gasteiger partial charge in [0.1, 0.15) is 5.01 Å². The van der Waals surface area contributed by atoms with E-state index in [1.165, 1.54) is 16.3 Å². The van der Waals surface area contributed by atoms with Gasteiger partial charge in [-0.05, 0) is 18.9 Å². The van der Waals surface area contributed by atoms with Crippen LogP contribution in [0.2, 0.25) is 0 Å². The predicted octanol–water partition coefficient (Wildman–Crippen LogP) is 1.93. The number of thiazole rings is 1. The van der Waals surface area contributed by atoms with Gasteiger partial charge in [0.05, 0.1) is 31.1 Å². The van der Waals surface area contributed by atoms with Crippen molar-refractivity contribution in [1.29, 1.82) is 0 Å². The fourth-order valence-electron chi connectivity index (χ4n) is 2.89. The van der Waals surface area contributed by atoms with Crippen molar-refractivity contribution in [1.82, 2.24) is 19.7 Å². The third-order valence-electron chi connectivity index (χ3n) is 3.82. The third kappa shape index (κ3) is 2.51. The highest BCUT2D eigenvalue weighted by atomic mass is 32.1. The summed E-state index contributed by atoms with van der Waals surface area (Å²) in [7, 11) is 3.77. The highest BCUT2D eigenvalue weighted by Crippen LogP contribution is 2.31. The van der Waals surface area contributed by atoms with E-state index in [0.29, 0.717) is 6.61 Å². The van der Waals surface area contributed by atoms with Crippen LogP contribution in [0.1, 0.15) is 28.0 Å². The minimum Gasteiger partial charge on any atom is -0.383 e. The van der Waals surface area contributed by atoms with Gasteiger partial charge in [0.15, 0.2) is 0 Å². The lowest BCUT2D eigenvalue weighted by atomic mass is 10.0. The average molecular weight is 292 g/mol. The molecule has 3 heterocycles. The van der Waals surface area contributed by atoms with Crippen LogP contribution in [0.4, 0.5) is 0 Å². The fraction of sp³-hybridized carbons (Fsp3) is 0.571. The molecule has 0 unspecified atom stereocenters. The van der Waals surface area contributed by atoms with Crippen LogP contribution >= 0.6 is 11.3 Å². The lowest BCUT2D eigenvalue weighted by molar-refractivity contribution is 0.0733. The molecule has 0 spiro atoms. The molecule has 2 aromatic heterocycles. The second-order valence-corrected chi connectivity index (χ2v) is 6.20. The largest absolute Gasteiger partial charge is 0.383 e. The summed E-state index contributed by atoms with van der Waals surface area (Å²) in [5.74, 6) is 0. The van der Waals surface area contributed by atoms with E-state index >= 15 is 0 Å². The number of aryl methyl sites for hydroxylation is 2. The highest BCUT2D eigenvalue weighted by Gasteiger charge is 2.30. The second kappa shape index (κ2) is 5.63. The molecular weight excluding hydrogens is 272 g/mol. The first-order valence-electron chi connectivity index (χ1n) is 6.84. The van der Waals surface area contributed by atoms with E-state index in [-0.39, 0.29) is 6.04 Å². The molecule has 0 aliphatic carbocycles. The van der Waals surface area contributed by atoms with Gasteiger partial charge in [0.2, 0.25) is 0 Å². The van der Waals surface area contributed by atoms with Gasteiger partial charge in [-0.15, -0.1) is 11.3 Å². The van der Waals surface area contributed by atoms with Crippen LogP contribution in [-0.4, -0.2) is 39.9 Å². The molecule has 2 aromatic rings. The molecular formula is C14H20N4OS. The Kier molecular flexibility index (Phi) is 3.87. The van der Waals surface area contributed by atoms with E-state index in [0.717, 1.165) is 25.2 Å². The zero-order valence-electron chi connectivity index (χ0n) is 12.2. The molecule has 1 aliphatic heterocycles. The van der Waals surface area contributed by atoms with Crippen LogP contribution in [0.25, 0.3) is 0 Å². The Bertz CT molecular complexity index is 592. The molecule has 3 rings (SSSR count). The number of rotatable bonds is 4. The highest BCUT2D eigenvalue weighted by molar-refractivity contribution is 7.09. The predicted molar refractivity (Wildman–Crippen MR) is 78.8 cm³/mol. The maximum absolute atomic E-state index is 5.44. The van der Waals surface area contributed by atoms with Gasteiger partial charge in [-0.3, -0.25) is 9.58 Å². The van der Waals surface area contributed by atoms with Crippen molar-refractivity contribution < 1.29 is 4.74 Å². The Hall–Kier alpha value is -1.24. The molecule has 1 aliphatic rings. The lowest BCUT2D eigenvalue weighted by Gasteiger charge is -2.35. The molecule has 1 atom stereocenters. The first-order chi connectivity index (χ1) is 9.69. The number of fused-ring (bicyclic) bond motifs is 1. The minimum absolute atomic E-state index is 0.264. The van der Waals surface area contributed by atoms with Crippen molar-refractivity contribution in [3.63, 3.8) is 0 Å². The smallest absolute Gasteiger partial charge is 0.107 e. The zero-order valence-corrected chi connectivity index (χ0v) is 13.0. The Labute approximate surface area is 123 Å². The van der Waals surface area contributed by atoms with Gasteiger partial charge in [-0.25, -0.2) is 4.98 Å². The van der Waals surface area contributed by atoms with E-state index in [2.05, 4.69) is 20.4 Å². The van der Waals surface area contributed by atoms with Crippen LogP contribution in [0, 0.1) is 6.92 Å². The summed E-state index contributed by atoms with van der Waals surface area (Å²) in [5.41, 5.74) is 3.74. The average Bonchev–Trinajstić information content (AvgIpc) is 3.00.